The molecule has 152 valence electrons. The van der Waals surface area contributed by atoms with E-state index in [0.717, 1.165) is 45.7 Å². The van der Waals surface area contributed by atoms with Crippen molar-refractivity contribution < 1.29 is 4.79 Å². The van der Waals surface area contributed by atoms with Crippen molar-refractivity contribution in [2.45, 2.75) is 40.5 Å². The van der Waals surface area contributed by atoms with E-state index >= 15 is 0 Å². The van der Waals surface area contributed by atoms with Crippen LogP contribution in [0.5, 0.6) is 0 Å². The van der Waals surface area contributed by atoms with E-state index in [9.17, 15) is 4.79 Å². The number of nitrogens with one attached hydrogen (secondary N) is 1. The number of amides is 1. The monoisotopic (exact) mass is 399 g/mol. The number of carbonyl (C=O) groups excluding carboxylic acids is 1. The van der Waals surface area contributed by atoms with Gasteiger partial charge in [-0.15, -0.1) is 5.10 Å². The molecular weight excluding hydrogens is 374 g/mol. The highest BCUT2D eigenvalue weighted by Gasteiger charge is 2.17. The zero-order chi connectivity index (χ0) is 21.3. The first kappa shape index (κ1) is 19.8. The van der Waals surface area contributed by atoms with Crippen molar-refractivity contribution in [2.75, 3.05) is 5.32 Å². The maximum atomic E-state index is 12.8. The highest BCUT2D eigenvalue weighted by atomic mass is 16.1. The molecule has 0 bridgehead atoms. The Kier molecular flexibility index (Phi) is 5.31. The number of hydrogen-bond donors (Lipinski definition) is 1. The van der Waals surface area contributed by atoms with Crippen LogP contribution in [0.1, 0.15) is 35.0 Å². The summed E-state index contributed by atoms with van der Waals surface area (Å²) in [6, 6.07) is 15.9. The molecule has 0 spiro atoms. The van der Waals surface area contributed by atoms with E-state index in [1.165, 1.54) is 0 Å². The molecule has 1 N–H and O–H groups in total. The average molecular weight is 399 g/mol. The van der Waals surface area contributed by atoms with Crippen molar-refractivity contribution in [1.29, 1.82) is 0 Å². The van der Waals surface area contributed by atoms with Gasteiger partial charge in [-0.3, -0.25) is 4.79 Å². The van der Waals surface area contributed by atoms with Crippen LogP contribution in [0.4, 0.5) is 5.69 Å². The zero-order valence-electron chi connectivity index (χ0n) is 17.7. The molecule has 0 radical (unpaired) electrons. The van der Waals surface area contributed by atoms with Gasteiger partial charge in [0.15, 0.2) is 5.82 Å². The van der Waals surface area contributed by atoms with Gasteiger partial charge in [0.25, 0.3) is 5.78 Å². The molecule has 0 fully saturated rings. The van der Waals surface area contributed by atoms with Crippen molar-refractivity contribution in [3.63, 3.8) is 0 Å². The van der Waals surface area contributed by atoms with Crippen LogP contribution in [0.2, 0.25) is 0 Å². The van der Waals surface area contributed by atoms with Crippen LogP contribution in [0.15, 0.2) is 48.5 Å². The molecule has 2 aromatic carbocycles. The van der Waals surface area contributed by atoms with Gasteiger partial charge in [-0.25, -0.2) is 9.50 Å². The molecule has 0 atom stereocenters. The van der Waals surface area contributed by atoms with Gasteiger partial charge in [0, 0.05) is 28.2 Å². The third-order valence-electron chi connectivity index (χ3n) is 5.44. The van der Waals surface area contributed by atoms with Crippen molar-refractivity contribution in [3.8, 4) is 11.4 Å². The summed E-state index contributed by atoms with van der Waals surface area (Å²) in [5.74, 6) is 1.12. The molecule has 0 aliphatic rings. The maximum Gasteiger partial charge on any atom is 0.253 e. The van der Waals surface area contributed by atoms with Crippen LogP contribution in [-0.2, 0) is 17.6 Å². The SMILES string of the molecule is CCc1ccccc1NC(=O)Cc1c(C)nc2nc(-c3ccccc3C)nn2c1C. The first-order chi connectivity index (χ1) is 14.5. The molecule has 30 heavy (non-hydrogen) atoms. The summed E-state index contributed by atoms with van der Waals surface area (Å²) >= 11 is 0. The molecule has 4 aromatic rings. The van der Waals surface area contributed by atoms with E-state index in [0.29, 0.717) is 11.6 Å². The Hall–Kier alpha value is -3.54. The number of aromatic nitrogens is 4. The smallest absolute Gasteiger partial charge is 0.253 e. The van der Waals surface area contributed by atoms with E-state index in [2.05, 4.69) is 27.3 Å². The number of anilines is 1. The van der Waals surface area contributed by atoms with Crippen LogP contribution in [0, 0.1) is 20.8 Å². The minimum Gasteiger partial charge on any atom is -0.326 e. The van der Waals surface area contributed by atoms with Crippen LogP contribution < -0.4 is 5.32 Å². The van der Waals surface area contributed by atoms with Gasteiger partial charge in [-0.1, -0.05) is 49.4 Å². The van der Waals surface area contributed by atoms with Gasteiger partial charge < -0.3 is 5.32 Å². The predicted molar refractivity (Wildman–Crippen MR) is 119 cm³/mol. The molecule has 1 amide bonds. The first-order valence-electron chi connectivity index (χ1n) is 10.1. The second-order valence-corrected chi connectivity index (χ2v) is 7.46. The van der Waals surface area contributed by atoms with Crippen LogP contribution in [0.3, 0.4) is 0 Å². The normalized spacial score (nSPS) is 11.1. The van der Waals surface area contributed by atoms with Crippen LogP contribution in [0.25, 0.3) is 17.2 Å². The summed E-state index contributed by atoms with van der Waals surface area (Å²) < 4.78 is 1.73. The van der Waals surface area contributed by atoms with E-state index in [1.807, 2.05) is 69.3 Å². The number of rotatable bonds is 5. The average Bonchev–Trinajstić information content (AvgIpc) is 3.15. The summed E-state index contributed by atoms with van der Waals surface area (Å²) in [7, 11) is 0. The highest BCUT2D eigenvalue weighted by Crippen LogP contribution is 2.22. The lowest BCUT2D eigenvalue weighted by atomic mass is 10.1. The largest absolute Gasteiger partial charge is 0.326 e. The predicted octanol–water partition coefficient (Wildman–Crippen LogP) is 4.46. The Labute approximate surface area is 176 Å². The van der Waals surface area contributed by atoms with Gasteiger partial charge in [0.05, 0.1) is 6.42 Å². The molecule has 2 heterocycles. The summed E-state index contributed by atoms with van der Waals surface area (Å²) in [6.07, 6.45) is 1.10. The maximum absolute atomic E-state index is 12.8. The lowest BCUT2D eigenvalue weighted by Crippen LogP contribution is -2.18. The third kappa shape index (κ3) is 3.68. The molecule has 4 rings (SSSR count). The molecule has 6 heteroatoms. The number of hydrogen-bond acceptors (Lipinski definition) is 4. The second kappa shape index (κ2) is 8.06. The Balaban J connectivity index is 1.66. The highest BCUT2D eigenvalue weighted by molar-refractivity contribution is 5.93. The minimum absolute atomic E-state index is 0.0671. The number of fused-ring (bicyclic) bond motifs is 1. The summed E-state index contributed by atoms with van der Waals surface area (Å²) in [6.45, 7) is 7.99. The van der Waals surface area contributed by atoms with E-state index in [4.69, 9.17) is 0 Å². The molecule has 6 nitrogen and oxygen atoms in total. The van der Waals surface area contributed by atoms with Crippen molar-refractivity contribution >= 4 is 17.4 Å². The van der Waals surface area contributed by atoms with Crippen molar-refractivity contribution in [3.05, 3.63) is 76.6 Å². The fourth-order valence-electron chi connectivity index (χ4n) is 3.71. The van der Waals surface area contributed by atoms with Gasteiger partial charge in [-0.2, -0.15) is 4.98 Å². The summed E-state index contributed by atoms with van der Waals surface area (Å²) in [5.41, 5.74) is 6.61. The van der Waals surface area contributed by atoms with Gasteiger partial charge >= 0.3 is 0 Å². The quantitative estimate of drug-likeness (QED) is 0.538. The van der Waals surface area contributed by atoms with Gasteiger partial charge in [0.2, 0.25) is 5.91 Å². The van der Waals surface area contributed by atoms with Crippen LogP contribution >= 0.6 is 0 Å². The Bertz CT molecular complexity index is 1240. The molecule has 0 aliphatic heterocycles. The van der Waals surface area contributed by atoms with Crippen molar-refractivity contribution in [2.24, 2.45) is 0 Å². The Morgan fingerprint density at radius 2 is 1.73 bits per heavy atom. The molecule has 0 unspecified atom stereocenters. The molecular formula is C24H25N5O. The fourth-order valence-corrected chi connectivity index (χ4v) is 3.71. The number of aryl methyl sites for hydroxylation is 4. The van der Waals surface area contributed by atoms with E-state index < -0.39 is 0 Å². The molecule has 0 saturated carbocycles. The zero-order valence-corrected chi connectivity index (χ0v) is 17.7. The molecule has 0 saturated heterocycles. The Morgan fingerprint density at radius 3 is 2.50 bits per heavy atom. The fraction of sp³-hybridized carbons (Fsp3) is 0.250. The number of carbonyl (C=O) groups is 1. The lowest BCUT2D eigenvalue weighted by molar-refractivity contribution is -0.115. The topological polar surface area (TPSA) is 72.2 Å². The number of nitrogens with zero attached hydrogens (tertiary/aromatic N) is 4. The Morgan fingerprint density at radius 1 is 1.00 bits per heavy atom. The standard InChI is InChI=1S/C24H25N5O/c1-5-18-11-7-9-13-21(18)26-22(30)14-20-16(3)25-24-27-23(28-29(24)17(20)4)19-12-8-6-10-15(19)2/h6-13H,5,14H2,1-4H3,(H,26,30). The van der Waals surface area contributed by atoms with Gasteiger partial charge in [0.1, 0.15) is 0 Å². The van der Waals surface area contributed by atoms with Gasteiger partial charge in [-0.05, 0) is 44.4 Å². The second-order valence-electron chi connectivity index (χ2n) is 7.46. The third-order valence-corrected chi connectivity index (χ3v) is 5.44. The van der Waals surface area contributed by atoms with E-state index in [1.54, 1.807) is 4.52 Å². The van der Waals surface area contributed by atoms with Crippen LogP contribution in [-0.4, -0.2) is 25.5 Å². The summed E-state index contributed by atoms with van der Waals surface area (Å²) in [4.78, 5) is 22.0. The first-order valence-corrected chi connectivity index (χ1v) is 10.1. The van der Waals surface area contributed by atoms with Crippen molar-refractivity contribution in [1.82, 2.24) is 19.6 Å². The molecule has 0 aliphatic carbocycles. The lowest BCUT2D eigenvalue weighted by Gasteiger charge is -2.12. The molecule has 2 aromatic heterocycles. The van der Waals surface area contributed by atoms with E-state index in [-0.39, 0.29) is 12.3 Å². The number of benzene rings is 2. The number of para-hydroxylation sites is 1. The minimum atomic E-state index is -0.0671. The summed E-state index contributed by atoms with van der Waals surface area (Å²) in [5, 5.41) is 7.71.